The summed E-state index contributed by atoms with van der Waals surface area (Å²) in [6.07, 6.45) is 0. The molecule has 7 aromatic rings. The summed E-state index contributed by atoms with van der Waals surface area (Å²) in [5, 5.41) is 29.9. The Morgan fingerprint density at radius 3 is 2.11 bits per heavy atom. The fourth-order valence-corrected chi connectivity index (χ4v) is 5.99. The van der Waals surface area contributed by atoms with Crippen molar-refractivity contribution in [2.75, 3.05) is 0 Å². The highest BCUT2D eigenvalue weighted by molar-refractivity contribution is 7.18. The first kappa shape index (κ1) is 20.5. The van der Waals surface area contributed by atoms with E-state index in [1.54, 1.807) is 11.3 Å². The second-order valence-corrected chi connectivity index (χ2v) is 9.67. The molecule has 1 N–H and O–H groups in total. The van der Waals surface area contributed by atoms with Gasteiger partial charge >= 0.3 is 11.4 Å². The number of hydrogen-bond acceptors (Lipinski definition) is 6. The van der Waals surface area contributed by atoms with Gasteiger partial charge in [0.1, 0.15) is 5.82 Å². The smallest absolute Gasteiger partial charge is 0.337 e. The molecule has 36 heavy (non-hydrogen) atoms. The van der Waals surface area contributed by atoms with Crippen molar-refractivity contribution in [3.05, 3.63) is 99.1 Å². The summed E-state index contributed by atoms with van der Waals surface area (Å²) in [6, 6.07) is 25.5. The van der Waals surface area contributed by atoms with E-state index < -0.39 is 21.2 Å². The van der Waals surface area contributed by atoms with E-state index in [0.29, 0.717) is 16.9 Å². The number of nitro groups is 2. The number of H-pyrrole nitrogens is 1. The minimum atomic E-state index is -0.761. The number of aromatic amines is 1. The molecule has 0 saturated heterocycles. The van der Waals surface area contributed by atoms with E-state index in [1.807, 2.05) is 12.1 Å². The van der Waals surface area contributed by atoms with Crippen molar-refractivity contribution in [3.8, 4) is 21.1 Å². The van der Waals surface area contributed by atoms with E-state index in [1.165, 1.54) is 38.4 Å². The van der Waals surface area contributed by atoms with Gasteiger partial charge in [0, 0.05) is 10.9 Å². The molecule has 7 rings (SSSR count). The molecule has 9 heteroatoms. The Bertz CT molecular complexity index is 1960. The van der Waals surface area contributed by atoms with Gasteiger partial charge in [-0.05, 0) is 50.0 Å². The molecule has 8 nitrogen and oxygen atoms in total. The van der Waals surface area contributed by atoms with E-state index in [0.717, 1.165) is 21.4 Å². The first-order valence-corrected chi connectivity index (χ1v) is 11.9. The van der Waals surface area contributed by atoms with Crippen LogP contribution in [0.2, 0.25) is 0 Å². The summed E-state index contributed by atoms with van der Waals surface area (Å²) in [7, 11) is 0. The molecular weight excluding hydrogens is 476 g/mol. The minimum Gasteiger partial charge on any atom is -0.337 e. The zero-order valence-electron chi connectivity index (χ0n) is 18.4. The van der Waals surface area contributed by atoms with Crippen LogP contribution in [-0.4, -0.2) is 19.8 Å². The zero-order chi connectivity index (χ0) is 24.6. The third-order valence-electron chi connectivity index (χ3n) is 6.61. The number of rotatable bonds is 4. The zero-order valence-corrected chi connectivity index (χ0v) is 19.2. The molecule has 5 aromatic carbocycles. The summed E-state index contributed by atoms with van der Waals surface area (Å²) >= 11 is 1.54. The Hall–Kier alpha value is -4.89. The molecular formula is C27H14N4O4S. The standard InChI is InChI=1S/C27H14N4O4S/c32-30(33)21-12-19-20(13-22(21)31(34)35)29-27(28-19)24-11-10-23(36-24)17-8-6-16-5-4-14-2-1-3-15-7-9-18(17)26(16)25(14)15/h1-13H,(H,28,29). The largest absolute Gasteiger partial charge is 0.348 e. The topological polar surface area (TPSA) is 115 Å². The highest BCUT2D eigenvalue weighted by atomic mass is 32.1. The summed E-state index contributed by atoms with van der Waals surface area (Å²) in [4.78, 5) is 30.6. The molecule has 0 atom stereocenters. The van der Waals surface area contributed by atoms with Gasteiger partial charge in [0.15, 0.2) is 0 Å². The normalized spacial score (nSPS) is 11.8. The first-order valence-electron chi connectivity index (χ1n) is 11.1. The van der Waals surface area contributed by atoms with Crippen LogP contribution in [-0.2, 0) is 0 Å². The van der Waals surface area contributed by atoms with Gasteiger partial charge < -0.3 is 4.98 Å². The maximum atomic E-state index is 11.3. The lowest BCUT2D eigenvalue weighted by molar-refractivity contribution is -0.422. The van der Waals surface area contributed by atoms with Gasteiger partial charge in [-0.15, -0.1) is 11.3 Å². The lowest BCUT2D eigenvalue weighted by atomic mass is 9.91. The van der Waals surface area contributed by atoms with Crippen LogP contribution >= 0.6 is 11.3 Å². The van der Waals surface area contributed by atoms with Crippen LogP contribution in [0.5, 0.6) is 0 Å². The van der Waals surface area contributed by atoms with E-state index in [4.69, 9.17) is 0 Å². The van der Waals surface area contributed by atoms with E-state index >= 15 is 0 Å². The number of nitrogens with one attached hydrogen (secondary N) is 1. The van der Waals surface area contributed by atoms with Gasteiger partial charge in [0.25, 0.3) is 0 Å². The molecule has 0 aliphatic rings. The minimum absolute atomic E-state index is 0.306. The predicted molar refractivity (Wildman–Crippen MR) is 142 cm³/mol. The highest BCUT2D eigenvalue weighted by Crippen LogP contribution is 2.42. The lowest BCUT2D eigenvalue weighted by Crippen LogP contribution is -1.96. The SMILES string of the molecule is O=[N+]([O-])c1cc2nc(-c3ccc(-c4ccc5ccc6cccc7ccc4c5c67)s3)[nH]c2cc1[N+](=O)[O-]. The quantitative estimate of drug-likeness (QED) is 0.154. The molecule has 0 aliphatic heterocycles. The summed E-state index contributed by atoms with van der Waals surface area (Å²) in [5.41, 5.74) is 0.647. The molecule has 0 bridgehead atoms. The Kier molecular flexibility index (Phi) is 4.15. The average molecular weight is 491 g/mol. The third-order valence-corrected chi connectivity index (χ3v) is 7.73. The van der Waals surface area contributed by atoms with Crippen molar-refractivity contribution >= 4 is 66.1 Å². The summed E-state index contributed by atoms with van der Waals surface area (Å²) < 4.78 is 0. The van der Waals surface area contributed by atoms with Crippen LogP contribution in [0.1, 0.15) is 0 Å². The molecule has 0 spiro atoms. The van der Waals surface area contributed by atoms with Gasteiger partial charge in [0.2, 0.25) is 0 Å². The molecule has 172 valence electrons. The van der Waals surface area contributed by atoms with Gasteiger partial charge in [-0.3, -0.25) is 20.2 Å². The number of fused-ring (bicyclic) bond motifs is 1. The lowest BCUT2D eigenvalue weighted by Gasteiger charge is -2.13. The molecule has 2 aromatic heterocycles. The number of benzene rings is 5. The van der Waals surface area contributed by atoms with Crippen molar-refractivity contribution in [2.24, 2.45) is 0 Å². The Balaban J connectivity index is 1.38. The van der Waals surface area contributed by atoms with Gasteiger partial charge in [-0.1, -0.05) is 54.6 Å². The fraction of sp³-hybridized carbons (Fsp3) is 0. The van der Waals surface area contributed by atoms with Gasteiger partial charge in [0.05, 0.1) is 31.8 Å². The average Bonchev–Trinajstić information content (AvgIpc) is 3.53. The van der Waals surface area contributed by atoms with Gasteiger partial charge in [-0.2, -0.15) is 0 Å². The van der Waals surface area contributed by atoms with Crippen LogP contribution in [0.15, 0.2) is 78.9 Å². The summed E-state index contributed by atoms with van der Waals surface area (Å²) in [6.45, 7) is 0. The first-order chi connectivity index (χ1) is 17.5. The van der Waals surface area contributed by atoms with Crippen LogP contribution < -0.4 is 0 Å². The van der Waals surface area contributed by atoms with Crippen molar-refractivity contribution in [3.63, 3.8) is 0 Å². The molecule has 0 unspecified atom stereocenters. The maximum absolute atomic E-state index is 11.3. The Labute approximate surface area is 206 Å². The number of thiophene rings is 1. The molecule has 0 saturated carbocycles. The Morgan fingerprint density at radius 1 is 0.722 bits per heavy atom. The monoisotopic (exact) mass is 490 g/mol. The highest BCUT2D eigenvalue weighted by Gasteiger charge is 2.26. The van der Waals surface area contributed by atoms with Crippen molar-refractivity contribution < 1.29 is 9.85 Å². The number of imidazole rings is 1. The number of aromatic nitrogens is 2. The van der Waals surface area contributed by atoms with Crippen LogP contribution in [0.4, 0.5) is 11.4 Å². The second kappa shape index (κ2) is 7.30. The molecule has 2 heterocycles. The van der Waals surface area contributed by atoms with Gasteiger partial charge in [-0.25, -0.2) is 4.98 Å². The van der Waals surface area contributed by atoms with Crippen LogP contribution in [0.25, 0.3) is 64.5 Å². The number of hydrogen-bond donors (Lipinski definition) is 1. The fourth-order valence-electron chi connectivity index (χ4n) is 5.00. The molecule has 0 amide bonds. The maximum Gasteiger partial charge on any atom is 0.348 e. The second-order valence-electron chi connectivity index (χ2n) is 8.59. The predicted octanol–water partition coefficient (Wildman–Crippen LogP) is 7.67. The third kappa shape index (κ3) is 2.90. The van der Waals surface area contributed by atoms with Crippen LogP contribution in [0, 0.1) is 20.2 Å². The van der Waals surface area contributed by atoms with E-state index in [2.05, 4.69) is 64.6 Å². The van der Waals surface area contributed by atoms with Crippen LogP contribution in [0.3, 0.4) is 0 Å². The summed E-state index contributed by atoms with van der Waals surface area (Å²) in [5.74, 6) is 0.508. The van der Waals surface area contributed by atoms with Crippen molar-refractivity contribution in [2.45, 2.75) is 0 Å². The Morgan fingerprint density at radius 2 is 1.36 bits per heavy atom. The van der Waals surface area contributed by atoms with E-state index in [9.17, 15) is 20.2 Å². The number of nitro benzene ring substituents is 2. The molecule has 0 fully saturated rings. The van der Waals surface area contributed by atoms with E-state index in [-0.39, 0.29) is 0 Å². The number of nitrogens with zero attached hydrogens (tertiary/aromatic N) is 3. The van der Waals surface area contributed by atoms with Crippen molar-refractivity contribution in [1.82, 2.24) is 9.97 Å². The molecule has 0 aliphatic carbocycles. The molecule has 0 radical (unpaired) electrons. The van der Waals surface area contributed by atoms with Crippen molar-refractivity contribution in [1.29, 1.82) is 0 Å².